The summed E-state index contributed by atoms with van der Waals surface area (Å²) < 4.78 is 7.70. The highest BCUT2D eigenvalue weighted by molar-refractivity contribution is 8.00. The van der Waals surface area contributed by atoms with Crippen LogP contribution in [0.5, 0.6) is 5.75 Å². The van der Waals surface area contributed by atoms with Crippen molar-refractivity contribution in [1.29, 1.82) is 0 Å². The molecule has 3 aromatic rings. The van der Waals surface area contributed by atoms with E-state index >= 15 is 0 Å². The molecule has 4 rings (SSSR count). The number of hydrogen-bond acceptors (Lipinski definition) is 4. The van der Waals surface area contributed by atoms with Crippen LogP contribution in [-0.2, 0) is 11.4 Å². The van der Waals surface area contributed by atoms with Crippen LogP contribution in [0.15, 0.2) is 59.4 Å². The smallest absolute Gasteiger partial charge is 0.270 e. The van der Waals surface area contributed by atoms with Crippen LogP contribution in [0.3, 0.4) is 0 Å². The zero-order chi connectivity index (χ0) is 21.8. The minimum absolute atomic E-state index is 0.0898. The molecule has 162 valence electrons. The first-order valence-corrected chi connectivity index (χ1v) is 11.6. The third kappa shape index (κ3) is 4.71. The molecule has 0 aliphatic carbocycles. The molecule has 2 aromatic carbocycles. The molecule has 1 aliphatic rings. The van der Waals surface area contributed by atoms with E-state index in [-0.39, 0.29) is 22.8 Å². The molecule has 31 heavy (non-hydrogen) atoms. The van der Waals surface area contributed by atoms with E-state index in [0.717, 1.165) is 29.7 Å². The van der Waals surface area contributed by atoms with Gasteiger partial charge in [0.2, 0.25) is 5.91 Å². The Morgan fingerprint density at radius 2 is 1.87 bits per heavy atom. The Hall–Kier alpha value is -2.93. The fourth-order valence-electron chi connectivity index (χ4n) is 3.86. The quantitative estimate of drug-likeness (QED) is 0.552. The zero-order valence-corrected chi connectivity index (χ0v) is 18.6. The lowest BCUT2D eigenvalue weighted by molar-refractivity contribution is -0.113. The van der Waals surface area contributed by atoms with Gasteiger partial charge in [-0.05, 0) is 36.6 Å². The predicted octanol–water partition coefficient (Wildman–Crippen LogP) is 4.89. The van der Waals surface area contributed by atoms with Crippen molar-refractivity contribution in [3.8, 4) is 5.75 Å². The number of amides is 1. The summed E-state index contributed by atoms with van der Waals surface area (Å²) in [5.41, 5.74) is 2.54. The van der Waals surface area contributed by atoms with Gasteiger partial charge in [-0.2, -0.15) is 0 Å². The normalized spacial score (nSPS) is 16.8. The number of rotatable bonds is 7. The van der Waals surface area contributed by atoms with Gasteiger partial charge in [-0.25, -0.2) is 0 Å². The van der Waals surface area contributed by atoms with Gasteiger partial charge in [0.1, 0.15) is 18.2 Å². The van der Waals surface area contributed by atoms with Gasteiger partial charge in [0, 0.05) is 6.04 Å². The summed E-state index contributed by atoms with van der Waals surface area (Å²) in [5.74, 6) is 1.57. The topological polar surface area (TPSA) is 76.1 Å². The molecular weight excluding hydrogens is 410 g/mol. The molecule has 2 heterocycles. The van der Waals surface area contributed by atoms with Crippen LogP contribution in [0.2, 0.25) is 0 Å². The third-order valence-electron chi connectivity index (χ3n) is 5.44. The minimum atomic E-state index is -0.226. The average Bonchev–Trinajstić information content (AvgIpc) is 2.99. The van der Waals surface area contributed by atoms with Gasteiger partial charge in [-0.1, -0.05) is 55.8 Å². The lowest BCUT2D eigenvalue weighted by atomic mass is 10.1. The van der Waals surface area contributed by atoms with E-state index in [9.17, 15) is 9.59 Å². The summed E-state index contributed by atoms with van der Waals surface area (Å²) in [5, 5.41) is 5.67. The fourth-order valence-corrected chi connectivity index (χ4v) is 4.99. The average molecular weight is 438 g/mol. The number of aromatic amines is 1. The molecule has 0 spiro atoms. The van der Waals surface area contributed by atoms with E-state index in [4.69, 9.17) is 4.74 Å². The maximum Gasteiger partial charge on any atom is 0.270 e. The van der Waals surface area contributed by atoms with Crippen molar-refractivity contribution in [2.24, 2.45) is 0 Å². The molecule has 0 unspecified atom stereocenters. The van der Waals surface area contributed by atoms with Crippen molar-refractivity contribution >= 4 is 23.5 Å². The van der Waals surface area contributed by atoms with Crippen molar-refractivity contribution in [1.82, 2.24) is 9.78 Å². The fraction of sp³-hybridized carbons (Fsp3) is 0.333. The maximum atomic E-state index is 12.9. The first-order chi connectivity index (χ1) is 15.1. The zero-order valence-electron chi connectivity index (χ0n) is 17.8. The highest BCUT2D eigenvalue weighted by Crippen LogP contribution is 2.41. The molecule has 6 nitrogen and oxygen atoms in total. The molecule has 0 saturated carbocycles. The second-order valence-electron chi connectivity index (χ2n) is 7.79. The number of benzene rings is 2. The number of nitrogens with one attached hydrogen (secondary N) is 2. The van der Waals surface area contributed by atoms with E-state index in [1.54, 1.807) is 0 Å². The maximum absolute atomic E-state index is 12.9. The van der Waals surface area contributed by atoms with Gasteiger partial charge in [0.25, 0.3) is 5.56 Å². The number of carbonyl (C=O) groups excluding carboxylic acids is 1. The Morgan fingerprint density at radius 3 is 2.58 bits per heavy atom. The summed E-state index contributed by atoms with van der Waals surface area (Å²) in [6, 6.07) is 17.9. The SMILES string of the molecule is CCC[C@@H](C)n1[nH]c(=O)c2c1NC(=O)CS[C@H]2c1ccc(OCc2ccccc2)cc1. The highest BCUT2D eigenvalue weighted by atomic mass is 32.2. The Kier molecular flexibility index (Phi) is 6.51. The van der Waals surface area contributed by atoms with E-state index < -0.39 is 0 Å². The first kappa shape index (κ1) is 21.3. The number of anilines is 1. The number of H-pyrrole nitrogens is 1. The summed E-state index contributed by atoms with van der Waals surface area (Å²) in [6.45, 7) is 4.66. The Morgan fingerprint density at radius 1 is 1.13 bits per heavy atom. The summed E-state index contributed by atoms with van der Waals surface area (Å²) >= 11 is 1.47. The van der Waals surface area contributed by atoms with Crippen LogP contribution in [0.25, 0.3) is 0 Å². The van der Waals surface area contributed by atoms with Crippen LogP contribution in [0.1, 0.15) is 54.7 Å². The van der Waals surface area contributed by atoms with Crippen LogP contribution in [-0.4, -0.2) is 21.4 Å². The molecular formula is C24H27N3O3S. The number of fused-ring (bicyclic) bond motifs is 1. The number of hydrogen-bond donors (Lipinski definition) is 2. The van der Waals surface area contributed by atoms with Gasteiger partial charge in [-0.15, -0.1) is 11.8 Å². The molecule has 2 N–H and O–H groups in total. The number of aromatic nitrogens is 2. The second kappa shape index (κ2) is 9.47. The third-order valence-corrected chi connectivity index (χ3v) is 6.71. The summed E-state index contributed by atoms with van der Waals surface area (Å²) in [7, 11) is 0. The largest absolute Gasteiger partial charge is 0.489 e. The molecule has 1 aliphatic heterocycles. The van der Waals surface area contributed by atoms with Crippen molar-refractivity contribution < 1.29 is 9.53 Å². The molecule has 0 radical (unpaired) electrons. The first-order valence-electron chi connectivity index (χ1n) is 10.6. The lowest BCUT2D eigenvalue weighted by Gasteiger charge is -2.17. The van der Waals surface area contributed by atoms with E-state index in [0.29, 0.717) is 23.7 Å². The second-order valence-corrected chi connectivity index (χ2v) is 8.89. The molecule has 2 atom stereocenters. The van der Waals surface area contributed by atoms with Crippen LogP contribution in [0.4, 0.5) is 5.82 Å². The molecule has 0 fully saturated rings. The monoisotopic (exact) mass is 437 g/mol. The highest BCUT2D eigenvalue weighted by Gasteiger charge is 2.31. The van der Waals surface area contributed by atoms with Crippen LogP contribution in [0, 0.1) is 0 Å². The standard InChI is InChI=1S/C24H27N3O3S/c1-3-7-16(2)27-23-21(24(29)26-27)22(31-15-20(28)25-23)18-10-12-19(13-11-18)30-14-17-8-5-4-6-9-17/h4-6,8-13,16,22H,3,7,14-15H2,1-2H3,(H,25,28)(H,26,29)/t16-,22+/m1/s1. The van der Waals surface area contributed by atoms with Crippen LogP contribution < -0.4 is 15.6 Å². The van der Waals surface area contributed by atoms with E-state index in [1.807, 2.05) is 59.3 Å². The molecule has 1 aromatic heterocycles. The summed E-state index contributed by atoms with van der Waals surface area (Å²) in [4.78, 5) is 25.3. The van der Waals surface area contributed by atoms with Crippen molar-refractivity contribution in [2.75, 3.05) is 11.1 Å². The number of ether oxygens (including phenoxy) is 1. The minimum Gasteiger partial charge on any atom is -0.489 e. The molecule has 1 amide bonds. The Labute approximate surface area is 186 Å². The lowest BCUT2D eigenvalue weighted by Crippen LogP contribution is -2.18. The van der Waals surface area contributed by atoms with Gasteiger partial charge in [0.05, 0.1) is 16.6 Å². The van der Waals surface area contributed by atoms with Gasteiger partial charge in [-0.3, -0.25) is 19.4 Å². The van der Waals surface area contributed by atoms with Gasteiger partial charge < -0.3 is 10.1 Å². The number of carbonyl (C=O) groups is 1. The Bertz CT molecular complexity index is 1090. The predicted molar refractivity (Wildman–Crippen MR) is 125 cm³/mol. The molecule has 7 heteroatoms. The molecule has 0 saturated heterocycles. The molecule has 0 bridgehead atoms. The van der Waals surface area contributed by atoms with Crippen molar-refractivity contribution in [3.63, 3.8) is 0 Å². The number of nitrogens with zero attached hydrogens (tertiary/aromatic N) is 1. The van der Waals surface area contributed by atoms with Gasteiger partial charge >= 0.3 is 0 Å². The number of thioether (sulfide) groups is 1. The van der Waals surface area contributed by atoms with E-state index in [1.165, 1.54) is 11.8 Å². The summed E-state index contributed by atoms with van der Waals surface area (Å²) in [6.07, 6.45) is 1.91. The van der Waals surface area contributed by atoms with Crippen LogP contribution >= 0.6 is 11.8 Å². The van der Waals surface area contributed by atoms with Crippen molar-refractivity contribution in [2.45, 2.75) is 44.6 Å². The van der Waals surface area contributed by atoms with E-state index in [2.05, 4.69) is 24.3 Å². The Balaban J connectivity index is 1.60. The van der Waals surface area contributed by atoms with Crippen molar-refractivity contribution in [3.05, 3.63) is 81.6 Å². The van der Waals surface area contributed by atoms with Gasteiger partial charge in [0.15, 0.2) is 0 Å².